The molecule has 0 atom stereocenters. The molecule has 0 aliphatic heterocycles. The minimum atomic E-state index is -0.109. The number of rotatable bonds is 7. The molecule has 3 aromatic carbocycles. The lowest BCUT2D eigenvalue weighted by atomic mass is 10.0. The number of benzene rings is 3. The highest BCUT2D eigenvalue weighted by Gasteiger charge is 2.13. The summed E-state index contributed by atoms with van der Waals surface area (Å²) in [6.07, 6.45) is 2.73. The van der Waals surface area contributed by atoms with Gasteiger partial charge in [-0.1, -0.05) is 91.0 Å². The third-order valence-corrected chi connectivity index (χ3v) is 5.57. The molecule has 3 nitrogen and oxygen atoms in total. The average Bonchev–Trinajstić information content (AvgIpc) is 3.25. The SMILES string of the molecule is O=C(NCc1csc(Cc2ccccc2)n1)/C(=C\c1ccccc1)c1ccccc1. The van der Waals surface area contributed by atoms with Gasteiger partial charge in [0.25, 0.3) is 5.91 Å². The van der Waals surface area contributed by atoms with Crippen molar-refractivity contribution >= 4 is 28.9 Å². The first-order valence-electron chi connectivity index (χ1n) is 9.85. The Hall–Kier alpha value is -3.50. The second kappa shape index (κ2) is 9.81. The van der Waals surface area contributed by atoms with Gasteiger partial charge in [0.2, 0.25) is 0 Å². The molecule has 4 rings (SSSR count). The summed E-state index contributed by atoms with van der Waals surface area (Å²) in [5.74, 6) is -0.109. The number of carbonyl (C=O) groups excluding carboxylic acids is 1. The number of aromatic nitrogens is 1. The largest absolute Gasteiger partial charge is 0.346 e. The first-order valence-corrected chi connectivity index (χ1v) is 10.7. The highest BCUT2D eigenvalue weighted by Crippen LogP contribution is 2.19. The van der Waals surface area contributed by atoms with Crippen molar-refractivity contribution in [3.8, 4) is 0 Å². The van der Waals surface area contributed by atoms with Crippen molar-refractivity contribution in [2.75, 3.05) is 0 Å². The molecule has 0 unspecified atom stereocenters. The van der Waals surface area contributed by atoms with Gasteiger partial charge in [-0.25, -0.2) is 4.98 Å². The zero-order valence-corrected chi connectivity index (χ0v) is 17.3. The van der Waals surface area contributed by atoms with Gasteiger partial charge in [0.1, 0.15) is 0 Å². The first-order chi connectivity index (χ1) is 14.8. The predicted molar refractivity (Wildman–Crippen MR) is 124 cm³/mol. The van der Waals surface area contributed by atoms with Crippen molar-refractivity contribution in [3.05, 3.63) is 124 Å². The van der Waals surface area contributed by atoms with Crippen LogP contribution in [0, 0.1) is 0 Å². The van der Waals surface area contributed by atoms with Crippen LogP contribution in [-0.2, 0) is 17.8 Å². The Balaban J connectivity index is 1.46. The summed E-state index contributed by atoms with van der Waals surface area (Å²) in [5.41, 5.74) is 4.64. The summed E-state index contributed by atoms with van der Waals surface area (Å²) in [5, 5.41) is 6.10. The number of hydrogen-bond donors (Lipinski definition) is 1. The topological polar surface area (TPSA) is 42.0 Å². The molecule has 1 amide bonds. The average molecular weight is 411 g/mol. The van der Waals surface area contributed by atoms with Gasteiger partial charge >= 0.3 is 0 Å². The van der Waals surface area contributed by atoms with Crippen LogP contribution < -0.4 is 5.32 Å². The summed E-state index contributed by atoms with van der Waals surface area (Å²) in [6, 6.07) is 29.9. The zero-order chi connectivity index (χ0) is 20.6. The number of thiazole rings is 1. The molecule has 0 aliphatic rings. The van der Waals surface area contributed by atoms with E-state index in [9.17, 15) is 4.79 Å². The summed E-state index contributed by atoms with van der Waals surface area (Å²) >= 11 is 1.63. The molecule has 0 saturated heterocycles. The molecular formula is C26H22N2OS. The maximum Gasteiger partial charge on any atom is 0.252 e. The highest BCUT2D eigenvalue weighted by atomic mass is 32.1. The van der Waals surface area contributed by atoms with E-state index >= 15 is 0 Å². The third-order valence-electron chi connectivity index (χ3n) is 4.67. The van der Waals surface area contributed by atoms with Crippen LogP contribution in [0.25, 0.3) is 11.6 Å². The number of hydrogen-bond acceptors (Lipinski definition) is 3. The Kier molecular flexibility index (Phi) is 6.47. The predicted octanol–water partition coefficient (Wildman–Crippen LogP) is 5.59. The van der Waals surface area contributed by atoms with E-state index in [1.807, 2.05) is 90.3 Å². The van der Waals surface area contributed by atoms with Gasteiger partial charge in [0, 0.05) is 17.4 Å². The summed E-state index contributed by atoms with van der Waals surface area (Å²) in [4.78, 5) is 17.7. The molecule has 0 spiro atoms. The summed E-state index contributed by atoms with van der Waals surface area (Å²) < 4.78 is 0. The van der Waals surface area contributed by atoms with Gasteiger partial charge in [-0.3, -0.25) is 4.79 Å². The Labute approximate surface area is 180 Å². The molecule has 30 heavy (non-hydrogen) atoms. The van der Waals surface area contributed by atoms with E-state index in [2.05, 4.69) is 22.4 Å². The van der Waals surface area contributed by atoms with Crippen LogP contribution in [0.3, 0.4) is 0 Å². The van der Waals surface area contributed by atoms with E-state index < -0.39 is 0 Å². The van der Waals surface area contributed by atoms with Gasteiger partial charge in [0.15, 0.2) is 0 Å². The molecule has 4 aromatic rings. The fourth-order valence-electron chi connectivity index (χ4n) is 3.16. The van der Waals surface area contributed by atoms with E-state index in [0.29, 0.717) is 12.1 Å². The lowest BCUT2D eigenvalue weighted by Gasteiger charge is -2.09. The van der Waals surface area contributed by atoms with Crippen molar-refractivity contribution in [2.24, 2.45) is 0 Å². The Morgan fingerprint density at radius 2 is 1.50 bits per heavy atom. The van der Waals surface area contributed by atoms with Crippen LogP contribution in [0.4, 0.5) is 0 Å². The van der Waals surface area contributed by atoms with E-state index in [1.54, 1.807) is 11.3 Å². The van der Waals surface area contributed by atoms with Crippen molar-refractivity contribution in [1.82, 2.24) is 10.3 Å². The second-order valence-corrected chi connectivity index (χ2v) is 7.86. The normalized spacial score (nSPS) is 11.3. The molecule has 0 saturated carbocycles. The van der Waals surface area contributed by atoms with Crippen molar-refractivity contribution < 1.29 is 4.79 Å². The number of carbonyl (C=O) groups is 1. The Morgan fingerprint density at radius 3 is 2.20 bits per heavy atom. The van der Waals surface area contributed by atoms with Crippen LogP contribution in [0.2, 0.25) is 0 Å². The zero-order valence-electron chi connectivity index (χ0n) is 16.5. The molecule has 1 aromatic heterocycles. The highest BCUT2D eigenvalue weighted by molar-refractivity contribution is 7.09. The van der Waals surface area contributed by atoms with Gasteiger partial charge in [-0.2, -0.15) is 0 Å². The number of amides is 1. The van der Waals surface area contributed by atoms with E-state index in [0.717, 1.165) is 28.2 Å². The quantitative estimate of drug-likeness (QED) is 0.319. The molecular weight excluding hydrogens is 388 g/mol. The number of nitrogens with one attached hydrogen (secondary N) is 1. The first kappa shape index (κ1) is 19.8. The molecule has 0 aliphatic carbocycles. The second-order valence-electron chi connectivity index (χ2n) is 6.91. The fraction of sp³-hybridized carbons (Fsp3) is 0.0769. The van der Waals surface area contributed by atoms with Gasteiger partial charge in [-0.15, -0.1) is 11.3 Å². The standard InChI is InChI=1S/C26H22N2OS/c29-26(24(22-14-8-3-9-15-22)16-20-10-4-1-5-11-20)27-18-23-19-30-25(28-23)17-21-12-6-2-7-13-21/h1-16,19H,17-18H2,(H,27,29)/b24-16-. The van der Waals surface area contributed by atoms with E-state index in [-0.39, 0.29) is 5.91 Å². The fourth-order valence-corrected chi connectivity index (χ4v) is 3.99. The van der Waals surface area contributed by atoms with Gasteiger partial charge in [-0.05, 0) is 22.8 Å². The van der Waals surface area contributed by atoms with Crippen LogP contribution in [0.15, 0.2) is 96.4 Å². The van der Waals surface area contributed by atoms with E-state index in [1.165, 1.54) is 5.56 Å². The van der Waals surface area contributed by atoms with Gasteiger partial charge < -0.3 is 5.32 Å². The maximum absolute atomic E-state index is 13.0. The van der Waals surface area contributed by atoms with Crippen molar-refractivity contribution in [3.63, 3.8) is 0 Å². The van der Waals surface area contributed by atoms with Crippen LogP contribution in [0.1, 0.15) is 27.4 Å². The summed E-state index contributed by atoms with van der Waals surface area (Å²) in [6.45, 7) is 0.406. The van der Waals surface area contributed by atoms with Crippen LogP contribution in [-0.4, -0.2) is 10.9 Å². The molecule has 1 heterocycles. The molecule has 148 valence electrons. The Bertz CT molecular complexity index is 1120. The van der Waals surface area contributed by atoms with Crippen molar-refractivity contribution in [1.29, 1.82) is 0 Å². The maximum atomic E-state index is 13.0. The molecule has 0 bridgehead atoms. The van der Waals surface area contributed by atoms with Crippen LogP contribution >= 0.6 is 11.3 Å². The van der Waals surface area contributed by atoms with E-state index in [4.69, 9.17) is 0 Å². The summed E-state index contributed by atoms with van der Waals surface area (Å²) in [7, 11) is 0. The minimum Gasteiger partial charge on any atom is -0.346 e. The monoisotopic (exact) mass is 410 g/mol. The van der Waals surface area contributed by atoms with Crippen LogP contribution in [0.5, 0.6) is 0 Å². The molecule has 0 radical (unpaired) electrons. The lowest BCUT2D eigenvalue weighted by Crippen LogP contribution is -2.24. The Morgan fingerprint density at radius 1 is 0.867 bits per heavy atom. The smallest absolute Gasteiger partial charge is 0.252 e. The van der Waals surface area contributed by atoms with Gasteiger partial charge in [0.05, 0.1) is 17.2 Å². The minimum absolute atomic E-state index is 0.109. The van der Waals surface area contributed by atoms with Crippen molar-refractivity contribution in [2.45, 2.75) is 13.0 Å². The molecule has 4 heteroatoms. The molecule has 1 N–H and O–H groups in total. The third kappa shape index (κ3) is 5.31. The number of nitrogens with zero attached hydrogens (tertiary/aromatic N) is 1. The lowest BCUT2D eigenvalue weighted by molar-refractivity contribution is -0.115. The molecule has 0 fully saturated rings.